The predicted octanol–water partition coefficient (Wildman–Crippen LogP) is 7.94. The van der Waals surface area contributed by atoms with Crippen LogP contribution in [-0.4, -0.2) is 141 Å². The van der Waals surface area contributed by atoms with Crippen molar-refractivity contribution in [1.29, 1.82) is 0 Å². The number of aliphatic hydroxyl groups is 1. The molecule has 0 saturated carbocycles. The van der Waals surface area contributed by atoms with Gasteiger partial charge in [0, 0.05) is 86.4 Å². The van der Waals surface area contributed by atoms with Gasteiger partial charge in [-0.25, -0.2) is 24.1 Å². The lowest BCUT2D eigenvalue weighted by atomic mass is 9.99. The molecule has 20 nitrogen and oxygen atoms in total. The molecule has 0 spiro atoms. The lowest BCUT2D eigenvalue weighted by Crippen LogP contribution is -2.40. The maximum atomic E-state index is 14.2. The Morgan fingerprint density at radius 2 is 1.65 bits per heavy atom. The lowest BCUT2D eigenvalue weighted by Gasteiger charge is -2.36. The summed E-state index contributed by atoms with van der Waals surface area (Å²) < 4.78 is 87.6. The highest BCUT2D eigenvalue weighted by Crippen LogP contribution is 2.34. The van der Waals surface area contributed by atoms with E-state index in [9.17, 15) is 32.3 Å². The summed E-state index contributed by atoms with van der Waals surface area (Å²) in [4.78, 5) is 50.7. The number of alkyl halides is 4. The van der Waals surface area contributed by atoms with Gasteiger partial charge in [0.05, 0.1) is 64.2 Å². The van der Waals surface area contributed by atoms with Crippen molar-refractivity contribution in [3.05, 3.63) is 111 Å². The Bertz CT molecular complexity index is 3020. The quantitative estimate of drug-likeness (QED) is 0.0300. The van der Waals surface area contributed by atoms with Crippen LogP contribution in [0.3, 0.4) is 0 Å². The predicted molar refractivity (Wildman–Crippen MR) is 288 cm³/mol. The summed E-state index contributed by atoms with van der Waals surface area (Å²) in [5.41, 5.74) is 3.97. The fourth-order valence-corrected chi connectivity index (χ4v) is 9.59. The van der Waals surface area contributed by atoms with Gasteiger partial charge in [-0.1, -0.05) is 13.0 Å². The molecule has 2 saturated heterocycles. The molecule has 6 aromatic heterocycles. The van der Waals surface area contributed by atoms with E-state index >= 15 is 0 Å². The molecule has 4 atom stereocenters. The third-order valence-electron chi connectivity index (χ3n) is 13.9. The van der Waals surface area contributed by atoms with Crippen molar-refractivity contribution in [3.63, 3.8) is 0 Å². The summed E-state index contributed by atoms with van der Waals surface area (Å²) >= 11 is 0. The number of rotatable bonds is 29. The first-order valence-electron chi connectivity index (χ1n) is 26.9. The Labute approximate surface area is 455 Å². The lowest BCUT2D eigenvalue weighted by molar-refractivity contribution is -0.141. The molecule has 1 amide bonds. The van der Waals surface area contributed by atoms with E-state index in [1.165, 1.54) is 25.4 Å². The molecule has 2 aliphatic heterocycles. The average Bonchev–Trinajstić information content (AvgIpc) is 4.12. The maximum absolute atomic E-state index is 14.2. The van der Waals surface area contributed by atoms with E-state index < -0.39 is 36.2 Å². The third-order valence-corrected chi connectivity index (χ3v) is 13.9. The van der Waals surface area contributed by atoms with Crippen LogP contribution in [0.4, 0.5) is 45.8 Å². The zero-order valence-electron chi connectivity index (χ0n) is 45.1. The van der Waals surface area contributed by atoms with E-state index in [4.69, 9.17) is 28.7 Å². The van der Waals surface area contributed by atoms with Crippen LogP contribution in [0.5, 0.6) is 0 Å². The summed E-state index contributed by atoms with van der Waals surface area (Å²) in [6.07, 6.45) is 5.29. The number of piperidine rings is 1. The molecule has 0 aromatic carbocycles. The van der Waals surface area contributed by atoms with Gasteiger partial charge in [-0.15, -0.1) is 0 Å². The number of anilines is 4. The number of nitrogens with one attached hydrogen (secondary N) is 2. The monoisotopic (exact) mass is 1100 g/mol. The molecule has 0 radical (unpaired) electrons. The van der Waals surface area contributed by atoms with Gasteiger partial charge in [0.2, 0.25) is 5.95 Å². The number of aryl methyl sites for hydroxylation is 3. The number of carbonyl (C=O) groups excluding carboxylic acids is 1. The zero-order chi connectivity index (χ0) is 55.9. The van der Waals surface area contributed by atoms with Crippen molar-refractivity contribution < 1.29 is 51.1 Å². The molecule has 2 fully saturated rings. The first-order valence-corrected chi connectivity index (χ1v) is 26.9. The Kier molecular flexibility index (Phi) is 20.5. The number of aromatic nitrogens is 8. The van der Waals surface area contributed by atoms with Gasteiger partial charge in [-0.3, -0.25) is 14.7 Å². The molecule has 8 rings (SSSR count). The summed E-state index contributed by atoms with van der Waals surface area (Å²) in [7, 11) is 0. The first-order chi connectivity index (χ1) is 38.2. The van der Waals surface area contributed by atoms with Crippen LogP contribution < -0.4 is 26.0 Å². The molecule has 24 heteroatoms. The molecule has 2 aliphatic rings. The highest BCUT2D eigenvalue weighted by atomic mass is 19.4. The summed E-state index contributed by atoms with van der Waals surface area (Å²) in [5.74, 6) is 1.99. The Morgan fingerprint density at radius 1 is 0.886 bits per heavy atom. The molecule has 0 bridgehead atoms. The first kappa shape index (κ1) is 58.3. The minimum Gasteiger partial charge on any atom is -0.447 e. The molecular formula is C55H70F4N12O8. The van der Waals surface area contributed by atoms with E-state index in [1.807, 2.05) is 36.0 Å². The summed E-state index contributed by atoms with van der Waals surface area (Å²) in [5, 5.41) is 21.0. The number of hydrogen-bond donors (Lipinski definition) is 3. The van der Waals surface area contributed by atoms with Crippen molar-refractivity contribution in [2.75, 3.05) is 93.0 Å². The zero-order valence-corrected chi connectivity index (χ0v) is 45.1. The molecule has 426 valence electrons. The maximum Gasteiger partial charge on any atom is 0.433 e. The normalized spacial score (nSPS) is 16.6. The van der Waals surface area contributed by atoms with Crippen LogP contribution in [0.2, 0.25) is 0 Å². The van der Waals surface area contributed by atoms with E-state index in [-0.39, 0.29) is 55.3 Å². The van der Waals surface area contributed by atoms with Crippen LogP contribution in [-0.2, 0) is 55.8 Å². The fraction of sp³-hybridized carbons (Fsp3) is 0.527. The van der Waals surface area contributed by atoms with Crippen LogP contribution in [0.25, 0.3) is 16.8 Å². The molecule has 6 aromatic rings. The molecular weight excluding hydrogens is 1030 g/mol. The average molecular weight is 1100 g/mol. The van der Waals surface area contributed by atoms with E-state index in [2.05, 4.69) is 47.5 Å². The van der Waals surface area contributed by atoms with Gasteiger partial charge in [-0.05, 0) is 107 Å². The van der Waals surface area contributed by atoms with Crippen LogP contribution in [0.1, 0.15) is 92.7 Å². The van der Waals surface area contributed by atoms with Gasteiger partial charge in [0.15, 0.2) is 5.65 Å². The minimum absolute atomic E-state index is 0.101. The topological polar surface area (TPSA) is 218 Å². The van der Waals surface area contributed by atoms with E-state index in [0.717, 1.165) is 71.6 Å². The van der Waals surface area contributed by atoms with Gasteiger partial charge in [0.1, 0.15) is 42.0 Å². The molecule has 0 unspecified atom stereocenters. The highest BCUT2D eigenvalue weighted by molar-refractivity contribution is 5.89. The molecule has 0 aliphatic carbocycles. The van der Waals surface area contributed by atoms with Crippen LogP contribution in [0.15, 0.2) is 72.0 Å². The number of ether oxygens (including phenoxy) is 5. The largest absolute Gasteiger partial charge is 0.447 e. The number of nitrogens with zero attached hydrogens (tertiary/aromatic N) is 10. The van der Waals surface area contributed by atoms with Gasteiger partial charge in [-0.2, -0.15) is 27.8 Å². The molecule has 3 N–H and O–H groups in total. The van der Waals surface area contributed by atoms with E-state index in [1.54, 1.807) is 29.7 Å². The number of amides is 1. The number of hydrogen-bond acceptors (Lipinski definition) is 17. The van der Waals surface area contributed by atoms with Crippen molar-refractivity contribution in [2.24, 2.45) is 0 Å². The third kappa shape index (κ3) is 15.5. The number of carbonyl (C=O) groups is 1. The molecule has 8 heterocycles. The number of halogens is 4. The fourth-order valence-electron chi connectivity index (χ4n) is 9.59. The van der Waals surface area contributed by atoms with Crippen molar-refractivity contribution >= 4 is 35.1 Å². The van der Waals surface area contributed by atoms with Gasteiger partial charge >= 0.3 is 12.3 Å². The number of aliphatic hydroxyl groups excluding tert-OH is 1. The standard InChI is InChI=1S/C55H70F4N12O8/c1-5-40-32-63-71-49(30-50(66-52(40)71)69-16-7-6-10-43(69)14-18-72)62-31-39-11-12-51(73)68(34-39)17-20-76-22-24-78-26-25-77-23-21-75-19-8-9-42-28-41(29-47(65-42)55(57,58)59)44-33-61-45(27-36(44)2)38(4)64-53-60-15-13-48(67-53)70-46(37(3)56)35-79-54(70)74/h11-13,15,27-30,32-34,37-38,43,46,62,72H,5-10,14,16-26,31,35H2,1-4H3,(H,60,64,67)/t37-,38-,43-,46+/m0/s1. The Balaban J connectivity index is 0.712. The Hall–Kier alpha value is -6.86. The number of cyclic esters (lactones) is 1. The summed E-state index contributed by atoms with van der Waals surface area (Å²) in [6.45, 7) is 11.3. The second-order valence-electron chi connectivity index (χ2n) is 19.5. The Morgan fingerprint density at radius 3 is 2.37 bits per heavy atom. The van der Waals surface area contributed by atoms with Crippen molar-refractivity contribution in [3.8, 4) is 11.1 Å². The SMILES string of the molecule is CCc1cnn2c(NCc3ccc(=O)n(CCOCCOCCOCCOCCCc4cc(-c5cnc([C@H](C)Nc6nccc(N7C(=O)OC[C@@H]7[C@H](C)F)n6)cc5C)cc(C(F)(F)F)n4)c3)cc(N3CCCC[C@H]3CCO)nc12. The van der Waals surface area contributed by atoms with Crippen molar-refractivity contribution in [1.82, 2.24) is 39.1 Å². The second-order valence-corrected chi connectivity index (χ2v) is 19.5. The second kappa shape index (κ2) is 27.8. The smallest absolute Gasteiger partial charge is 0.433 e. The molecule has 79 heavy (non-hydrogen) atoms. The van der Waals surface area contributed by atoms with Gasteiger partial charge < -0.3 is 48.9 Å². The van der Waals surface area contributed by atoms with Gasteiger partial charge in [0.25, 0.3) is 5.56 Å². The number of fused-ring (bicyclic) bond motifs is 1. The van der Waals surface area contributed by atoms with Crippen LogP contribution in [0, 0.1) is 6.92 Å². The highest BCUT2D eigenvalue weighted by Gasteiger charge is 2.39. The van der Waals surface area contributed by atoms with Crippen molar-refractivity contribution in [2.45, 2.75) is 116 Å². The van der Waals surface area contributed by atoms with E-state index in [0.29, 0.717) is 94.6 Å². The van der Waals surface area contributed by atoms with Crippen LogP contribution >= 0.6 is 0 Å². The summed E-state index contributed by atoms with van der Waals surface area (Å²) in [6, 6.07) is 10.2. The number of pyridine rings is 3. The minimum atomic E-state index is -4.67.